The molecule has 1 N–H and O–H groups in total. The van der Waals surface area contributed by atoms with Crippen molar-refractivity contribution in [1.82, 2.24) is 0 Å². The van der Waals surface area contributed by atoms with Gasteiger partial charge in [0.25, 0.3) is 0 Å². The van der Waals surface area contributed by atoms with E-state index in [4.69, 9.17) is 5.11 Å². The van der Waals surface area contributed by atoms with Gasteiger partial charge in [-0.2, -0.15) is 0 Å². The van der Waals surface area contributed by atoms with Gasteiger partial charge >= 0.3 is 5.97 Å². The highest BCUT2D eigenvalue weighted by Gasteiger charge is 2.34. The molecule has 1 atom stereocenters. The minimum atomic E-state index is -0.648. The molecule has 0 heterocycles. The predicted octanol–water partition coefficient (Wildman–Crippen LogP) is 4.01. The zero-order chi connectivity index (χ0) is 12.2. The van der Waals surface area contributed by atoms with Gasteiger partial charge in [0, 0.05) is 0 Å². The molecule has 0 saturated carbocycles. The number of aliphatic carboxylic acids is 1. The van der Waals surface area contributed by atoms with Gasteiger partial charge in [0.2, 0.25) is 0 Å². The number of rotatable bonds is 5. The van der Waals surface area contributed by atoms with E-state index in [1.54, 1.807) is 0 Å². The summed E-state index contributed by atoms with van der Waals surface area (Å²) in [5.74, 6) is 0.124. The molecule has 92 valence electrons. The smallest absolute Gasteiger partial charge is 0.309 e. The third-order valence-electron chi connectivity index (χ3n) is 3.63. The fourth-order valence-corrected chi connectivity index (χ4v) is 2.17. The molecule has 0 bridgehead atoms. The fraction of sp³-hybridized carbons (Fsp3) is 0.786. The van der Waals surface area contributed by atoms with Gasteiger partial charge in [-0.05, 0) is 44.9 Å². The third-order valence-corrected chi connectivity index (χ3v) is 3.63. The average molecular weight is 224 g/mol. The molecule has 0 aromatic carbocycles. The van der Waals surface area contributed by atoms with Crippen molar-refractivity contribution in [1.29, 1.82) is 0 Å². The van der Waals surface area contributed by atoms with Crippen molar-refractivity contribution in [3.63, 3.8) is 0 Å². The summed E-state index contributed by atoms with van der Waals surface area (Å²) < 4.78 is 0. The molecule has 16 heavy (non-hydrogen) atoms. The second-order valence-corrected chi connectivity index (χ2v) is 5.72. The maximum absolute atomic E-state index is 11.1. The van der Waals surface area contributed by atoms with Crippen molar-refractivity contribution in [2.75, 3.05) is 0 Å². The third kappa shape index (κ3) is 3.66. The Bertz CT molecular complexity index is 278. The summed E-state index contributed by atoms with van der Waals surface area (Å²) in [5.41, 5.74) is 0.959. The molecule has 0 aliphatic heterocycles. The molecule has 0 spiro atoms. The molecule has 0 radical (unpaired) electrons. The van der Waals surface area contributed by atoms with Gasteiger partial charge in [-0.15, -0.1) is 0 Å². The molecule has 0 aromatic heterocycles. The highest BCUT2D eigenvalue weighted by Crippen LogP contribution is 2.36. The summed E-state index contributed by atoms with van der Waals surface area (Å²) in [5, 5.41) is 9.10. The van der Waals surface area contributed by atoms with E-state index in [1.807, 2.05) is 6.92 Å². The normalized spacial score (nSPS) is 25.6. The molecular formula is C14H24O2. The summed E-state index contributed by atoms with van der Waals surface area (Å²) in [7, 11) is 0. The minimum Gasteiger partial charge on any atom is -0.481 e. The lowest BCUT2D eigenvalue weighted by Gasteiger charge is -2.28. The molecule has 0 amide bonds. The summed E-state index contributed by atoms with van der Waals surface area (Å²) in [6, 6.07) is 0. The highest BCUT2D eigenvalue weighted by molar-refractivity contribution is 5.74. The van der Waals surface area contributed by atoms with E-state index in [-0.39, 0.29) is 0 Å². The summed E-state index contributed by atoms with van der Waals surface area (Å²) in [6.07, 6.45) is 8.32. The number of carboxylic acid groups (broad SMARTS) is 1. The van der Waals surface area contributed by atoms with Gasteiger partial charge in [-0.3, -0.25) is 4.79 Å². The lowest BCUT2D eigenvalue weighted by atomic mass is 9.76. The lowest BCUT2D eigenvalue weighted by molar-refractivity contribution is -0.148. The highest BCUT2D eigenvalue weighted by atomic mass is 16.4. The van der Waals surface area contributed by atoms with Gasteiger partial charge in [-0.1, -0.05) is 31.9 Å². The fourth-order valence-electron chi connectivity index (χ4n) is 2.17. The number of carbonyl (C=O) groups is 1. The van der Waals surface area contributed by atoms with E-state index in [1.165, 1.54) is 18.4 Å². The Balaban J connectivity index is 2.38. The molecule has 1 aliphatic rings. The lowest BCUT2D eigenvalue weighted by Crippen LogP contribution is -2.29. The average Bonchev–Trinajstić information content (AvgIpc) is 2.20. The zero-order valence-corrected chi connectivity index (χ0v) is 10.8. The van der Waals surface area contributed by atoms with Crippen LogP contribution in [0.4, 0.5) is 0 Å². The Morgan fingerprint density at radius 2 is 2.25 bits per heavy atom. The maximum Gasteiger partial charge on any atom is 0.309 e. The number of carboxylic acids is 1. The second-order valence-electron chi connectivity index (χ2n) is 5.72. The molecule has 1 aliphatic carbocycles. The van der Waals surface area contributed by atoms with Crippen LogP contribution < -0.4 is 0 Å². The van der Waals surface area contributed by atoms with Crippen molar-refractivity contribution in [2.45, 2.75) is 59.3 Å². The first-order valence-corrected chi connectivity index (χ1v) is 6.35. The molecule has 0 aromatic rings. The molecule has 0 saturated heterocycles. The van der Waals surface area contributed by atoms with E-state index < -0.39 is 11.4 Å². The van der Waals surface area contributed by atoms with E-state index in [0.29, 0.717) is 6.42 Å². The molecule has 1 rings (SSSR count). The Hall–Kier alpha value is -0.790. The molecule has 1 unspecified atom stereocenters. The number of allylic oxidation sites excluding steroid dienone is 2. The Kier molecular flexibility index (Phi) is 4.57. The van der Waals surface area contributed by atoms with Gasteiger partial charge in [0.05, 0.1) is 5.41 Å². The van der Waals surface area contributed by atoms with Gasteiger partial charge in [-0.25, -0.2) is 0 Å². The van der Waals surface area contributed by atoms with Crippen LogP contribution in [0.15, 0.2) is 11.6 Å². The first-order chi connectivity index (χ1) is 7.44. The van der Waals surface area contributed by atoms with Crippen LogP contribution in [0.5, 0.6) is 0 Å². The summed E-state index contributed by atoms with van der Waals surface area (Å²) in [4.78, 5) is 11.1. The molecule has 0 fully saturated rings. The minimum absolute atomic E-state index is 0.512. The number of hydrogen-bond donors (Lipinski definition) is 1. The van der Waals surface area contributed by atoms with Crippen LogP contribution >= 0.6 is 0 Å². The van der Waals surface area contributed by atoms with Crippen molar-refractivity contribution in [3.8, 4) is 0 Å². The zero-order valence-electron chi connectivity index (χ0n) is 10.8. The summed E-state index contributed by atoms with van der Waals surface area (Å²) >= 11 is 0. The quantitative estimate of drug-likeness (QED) is 0.716. The first-order valence-electron chi connectivity index (χ1n) is 6.35. The SMILES string of the molecule is CC(C)CCCC1=CCC(C)(C(=O)O)CC1. The molecular weight excluding hydrogens is 200 g/mol. The Labute approximate surface area is 98.7 Å². The van der Waals surface area contributed by atoms with Crippen molar-refractivity contribution in [2.24, 2.45) is 11.3 Å². The van der Waals surface area contributed by atoms with E-state index in [2.05, 4.69) is 19.9 Å². The molecule has 2 nitrogen and oxygen atoms in total. The molecule has 2 heteroatoms. The van der Waals surface area contributed by atoms with E-state index >= 15 is 0 Å². The van der Waals surface area contributed by atoms with E-state index in [9.17, 15) is 4.79 Å². The van der Waals surface area contributed by atoms with Gasteiger partial charge in [0.15, 0.2) is 0 Å². The number of hydrogen-bond acceptors (Lipinski definition) is 1. The topological polar surface area (TPSA) is 37.3 Å². The summed E-state index contributed by atoms with van der Waals surface area (Å²) in [6.45, 7) is 6.35. The second kappa shape index (κ2) is 5.51. The first kappa shape index (κ1) is 13.3. The largest absolute Gasteiger partial charge is 0.481 e. The Morgan fingerprint density at radius 3 is 2.69 bits per heavy atom. The standard InChI is InChI=1S/C14H24O2/c1-11(2)5-4-6-12-7-9-14(3,10-8-12)13(15)16/h7,11H,4-6,8-10H2,1-3H3,(H,15,16). The van der Waals surface area contributed by atoms with Gasteiger partial charge < -0.3 is 5.11 Å². The monoisotopic (exact) mass is 224 g/mol. The van der Waals surface area contributed by atoms with Crippen molar-refractivity contribution < 1.29 is 9.90 Å². The Morgan fingerprint density at radius 1 is 1.56 bits per heavy atom. The van der Waals surface area contributed by atoms with E-state index in [0.717, 1.165) is 25.2 Å². The van der Waals surface area contributed by atoms with Crippen LogP contribution in [-0.2, 0) is 4.79 Å². The van der Waals surface area contributed by atoms with Crippen LogP contribution in [0.25, 0.3) is 0 Å². The van der Waals surface area contributed by atoms with Crippen LogP contribution in [0.1, 0.15) is 59.3 Å². The van der Waals surface area contributed by atoms with Crippen molar-refractivity contribution >= 4 is 5.97 Å². The maximum atomic E-state index is 11.1. The van der Waals surface area contributed by atoms with Crippen molar-refractivity contribution in [3.05, 3.63) is 11.6 Å². The van der Waals surface area contributed by atoms with Crippen LogP contribution in [0, 0.1) is 11.3 Å². The van der Waals surface area contributed by atoms with Crippen LogP contribution in [0.2, 0.25) is 0 Å². The van der Waals surface area contributed by atoms with Crippen LogP contribution in [0.3, 0.4) is 0 Å². The van der Waals surface area contributed by atoms with Gasteiger partial charge in [0.1, 0.15) is 0 Å². The van der Waals surface area contributed by atoms with Crippen LogP contribution in [-0.4, -0.2) is 11.1 Å². The predicted molar refractivity (Wildman–Crippen MR) is 66.4 cm³/mol.